The summed E-state index contributed by atoms with van der Waals surface area (Å²) in [5, 5.41) is 10.3. The van der Waals surface area contributed by atoms with Gasteiger partial charge in [-0.2, -0.15) is 0 Å². The van der Waals surface area contributed by atoms with Gasteiger partial charge in [0.2, 0.25) is 0 Å². The van der Waals surface area contributed by atoms with Crippen molar-refractivity contribution in [3.63, 3.8) is 0 Å². The quantitative estimate of drug-likeness (QED) is 0.494. The number of carbonyl (C=O) groups excluding carboxylic acids is 1. The fourth-order valence-corrected chi connectivity index (χ4v) is 2.84. The van der Waals surface area contributed by atoms with Crippen LogP contribution in [0.3, 0.4) is 0 Å². The van der Waals surface area contributed by atoms with Gasteiger partial charge >= 0.3 is 11.7 Å². The van der Waals surface area contributed by atoms with Gasteiger partial charge in [-0.05, 0) is 33.2 Å². The minimum atomic E-state index is -0.307. The summed E-state index contributed by atoms with van der Waals surface area (Å²) in [4.78, 5) is 23.3. The monoisotopic (exact) mass is 316 g/mol. The average Bonchev–Trinajstić information content (AvgIpc) is 2.83. The molecule has 1 aromatic heterocycles. The zero-order valence-electron chi connectivity index (χ0n) is 12.8. The fourth-order valence-electron chi connectivity index (χ4n) is 1.83. The molecule has 1 heterocycles. The number of aromatic nitrogens is 3. The first-order valence-electron chi connectivity index (χ1n) is 7.31. The van der Waals surface area contributed by atoms with Crippen LogP contribution in [0.4, 0.5) is 0 Å². The van der Waals surface area contributed by atoms with Gasteiger partial charge in [0.15, 0.2) is 5.16 Å². The van der Waals surface area contributed by atoms with E-state index in [0.29, 0.717) is 30.5 Å². The Balaban J connectivity index is 2.52. The number of nitrogens with one attached hydrogen (secondary N) is 2. The summed E-state index contributed by atoms with van der Waals surface area (Å²) < 4.78 is 6.64. The molecule has 2 N–H and O–H groups in total. The maximum atomic E-state index is 11.8. The van der Waals surface area contributed by atoms with Crippen LogP contribution < -0.4 is 11.0 Å². The Labute approximate surface area is 128 Å². The van der Waals surface area contributed by atoms with Gasteiger partial charge in [0.1, 0.15) is 6.04 Å². The number of carbonyl (C=O) groups is 1. The first-order chi connectivity index (χ1) is 10.1. The summed E-state index contributed by atoms with van der Waals surface area (Å²) in [6.07, 6.45) is 1.59. The highest BCUT2D eigenvalue weighted by atomic mass is 32.2. The first-order valence-corrected chi connectivity index (χ1v) is 8.30. The second kappa shape index (κ2) is 9.62. The molecule has 0 amide bonds. The van der Waals surface area contributed by atoms with E-state index in [0.717, 1.165) is 13.0 Å². The Morgan fingerprint density at radius 2 is 2.24 bits per heavy atom. The predicted octanol–water partition coefficient (Wildman–Crippen LogP) is 1.00. The third-order valence-electron chi connectivity index (χ3n) is 2.89. The number of H-pyrrole nitrogens is 1. The molecule has 8 heteroatoms. The van der Waals surface area contributed by atoms with Gasteiger partial charge in [-0.3, -0.25) is 9.36 Å². The highest BCUT2D eigenvalue weighted by Gasteiger charge is 2.19. The number of thioether (sulfide) groups is 1. The number of hydrogen-bond donors (Lipinski definition) is 2. The SMILES string of the molecule is CCCNC(CCSc1n[nH]c(=O)n1CC)C(=O)OCC. The van der Waals surface area contributed by atoms with E-state index in [9.17, 15) is 9.59 Å². The molecule has 21 heavy (non-hydrogen) atoms. The van der Waals surface area contributed by atoms with Crippen molar-refractivity contribution in [2.24, 2.45) is 0 Å². The van der Waals surface area contributed by atoms with Crippen LogP contribution in [0, 0.1) is 0 Å². The second-order valence-corrected chi connectivity index (χ2v) is 5.51. The second-order valence-electron chi connectivity index (χ2n) is 4.45. The van der Waals surface area contributed by atoms with Crippen LogP contribution in [-0.4, -0.2) is 45.7 Å². The minimum absolute atomic E-state index is 0.203. The van der Waals surface area contributed by atoms with Crippen molar-refractivity contribution in [2.75, 3.05) is 18.9 Å². The largest absolute Gasteiger partial charge is 0.465 e. The van der Waals surface area contributed by atoms with Crippen LogP contribution in [0.15, 0.2) is 9.95 Å². The van der Waals surface area contributed by atoms with E-state index >= 15 is 0 Å². The predicted molar refractivity (Wildman–Crippen MR) is 82.6 cm³/mol. The molecule has 1 unspecified atom stereocenters. The van der Waals surface area contributed by atoms with Crippen LogP contribution in [0.2, 0.25) is 0 Å². The highest BCUT2D eigenvalue weighted by Crippen LogP contribution is 2.15. The maximum absolute atomic E-state index is 11.8. The summed E-state index contributed by atoms with van der Waals surface area (Å²) in [6, 6.07) is -0.307. The van der Waals surface area contributed by atoms with Gasteiger partial charge < -0.3 is 10.1 Å². The van der Waals surface area contributed by atoms with Crippen molar-refractivity contribution in [3.8, 4) is 0 Å². The molecule has 1 atom stereocenters. The molecule has 0 aromatic carbocycles. The number of ether oxygens (including phenoxy) is 1. The van der Waals surface area contributed by atoms with Gasteiger partial charge in [0, 0.05) is 12.3 Å². The molecule has 0 saturated carbocycles. The average molecular weight is 316 g/mol. The van der Waals surface area contributed by atoms with Crippen molar-refractivity contribution >= 4 is 17.7 Å². The van der Waals surface area contributed by atoms with Crippen molar-refractivity contribution in [1.82, 2.24) is 20.1 Å². The molecule has 0 radical (unpaired) electrons. The molecule has 0 bridgehead atoms. The molecule has 7 nitrogen and oxygen atoms in total. The van der Waals surface area contributed by atoms with Crippen LogP contribution in [-0.2, 0) is 16.1 Å². The minimum Gasteiger partial charge on any atom is -0.465 e. The molecule has 1 rings (SSSR count). The lowest BCUT2D eigenvalue weighted by molar-refractivity contribution is -0.145. The van der Waals surface area contributed by atoms with E-state index in [1.54, 1.807) is 11.5 Å². The van der Waals surface area contributed by atoms with E-state index in [-0.39, 0.29) is 17.7 Å². The molecule has 120 valence electrons. The van der Waals surface area contributed by atoms with E-state index in [2.05, 4.69) is 15.5 Å². The first kappa shape index (κ1) is 17.8. The van der Waals surface area contributed by atoms with E-state index in [4.69, 9.17) is 4.74 Å². The lowest BCUT2D eigenvalue weighted by atomic mass is 10.2. The summed E-state index contributed by atoms with van der Waals surface area (Å²) in [5.74, 6) is 0.464. The number of aromatic amines is 1. The zero-order valence-corrected chi connectivity index (χ0v) is 13.7. The smallest absolute Gasteiger partial charge is 0.343 e. The molecular weight excluding hydrogens is 292 g/mol. The molecule has 0 aliphatic heterocycles. The summed E-state index contributed by atoms with van der Waals surface area (Å²) in [5.41, 5.74) is -0.203. The summed E-state index contributed by atoms with van der Waals surface area (Å²) in [7, 11) is 0. The zero-order chi connectivity index (χ0) is 15.7. The van der Waals surface area contributed by atoms with Gasteiger partial charge in [-0.1, -0.05) is 18.7 Å². The molecule has 0 saturated heterocycles. The normalized spacial score (nSPS) is 12.3. The summed E-state index contributed by atoms with van der Waals surface area (Å²) >= 11 is 1.46. The molecule has 1 aromatic rings. The maximum Gasteiger partial charge on any atom is 0.343 e. The lowest BCUT2D eigenvalue weighted by Gasteiger charge is -2.16. The van der Waals surface area contributed by atoms with Crippen LogP contribution >= 0.6 is 11.8 Å². The van der Waals surface area contributed by atoms with Crippen LogP contribution in [0.1, 0.15) is 33.6 Å². The third kappa shape index (κ3) is 5.55. The molecular formula is C13H24N4O3S. The molecule has 0 aliphatic carbocycles. The Kier molecular flexibility index (Phi) is 8.14. The van der Waals surface area contributed by atoms with Crippen molar-refractivity contribution in [3.05, 3.63) is 10.5 Å². The van der Waals surface area contributed by atoms with E-state index < -0.39 is 0 Å². The van der Waals surface area contributed by atoms with Gasteiger partial charge in [-0.15, -0.1) is 5.10 Å². The number of esters is 1. The third-order valence-corrected chi connectivity index (χ3v) is 3.90. The van der Waals surface area contributed by atoms with Crippen LogP contribution in [0.25, 0.3) is 0 Å². The van der Waals surface area contributed by atoms with Crippen LogP contribution in [0.5, 0.6) is 0 Å². The van der Waals surface area contributed by atoms with Crippen molar-refractivity contribution in [2.45, 2.75) is 51.4 Å². The van der Waals surface area contributed by atoms with Gasteiger partial charge in [0.05, 0.1) is 6.61 Å². The van der Waals surface area contributed by atoms with Gasteiger partial charge in [0.25, 0.3) is 0 Å². The number of rotatable bonds is 10. The molecule has 0 spiro atoms. The molecule has 0 aliphatic rings. The Hall–Kier alpha value is -1.28. The summed E-state index contributed by atoms with van der Waals surface area (Å²) in [6.45, 7) is 7.47. The van der Waals surface area contributed by atoms with Gasteiger partial charge in [-0.25, -0.2) is 9.89 Å². The molecule has 0 fully saturated rings. The number of hydrogen-bond acceptors (Lipinski definition) is 6. The highest BCUT2D eigenvalue weighted by molar-refractivity contribution is 7.99. The van der Waals surface area contributed by atoms with E-state index in [1.165, 1.54) is 11.8 Å². The Bertz CT molecular complexity index is 486. The van der Waals surface area contributed by atoms with E-state index in [1.807, 2.05) is 13.8 Å². The van der Waals surface area contributed by atoms with Crippen molar-refractivity contribution < 1.29 is 9.53 Å². The standard InChI is InChI=1S/C13H24N4O3S/c1-4-8-14-10(11(18)20-6-3)7-9-21-13-16-15-12(19)17(13)5-2/h10,14H,4-9H2,1-3H3,(H,15,19). The fraction of sp³-hybridized carbons (Fsp3) is 0.769. The lowest BCUT2D eigenvalue weighted by Crippen LogP contribution is -2.39. The Morgan fingerprint density at radius 3 is 2.86 bits per heavy atom. The Morgan fingerprint density at radius 1 is 1.48 bits per heavy atom. The van der Waals surface area contributed by atoms with Crippen molar-refractivity contribution in [1.29, 1.82) is 0 Å². The number of nitrogens with zero attached hydrogens (tertiary/aromatic N) is 2. The topological polar surface area (TPSA) is 89.0 Å².